The molecule has 0 aliphatic carbocycles. The molecule has 3 heteroatoms. The van der Waals surface area contributed by atoms with Crippen LogP contribution in [0.15, 0.2) is 61.7 Å². The summed E-state index contributed by atoms with van der Waals surface area (Å²) in [7, 11) is 0. The van der Waals surface area contributed by atoms with Gasteiger partial charge in [0.1, 0.15) is 0 Å². The number of halogens is 2. The second kappa shape index (κ2) is 9.15. The van der Waals surface area contributed by atoms with Gasteiger partial charge in [-0.25, -0.2) is 0 Å². The predicted octanol–water partition coefficient (Wildman–Crippen LogP) is 6.12. The summed E-state index contributed by atoms with van der Waals surface area (Å²) in [5, 5.41) is 0. The smallest absolute Gasteiger partial charge is 0.0645 e. The standard InChI is InChI=1S/C18H15I2N/c19-11-9-15-5-1-3-7-17(15)13-21-14-18-8-4-2-6-16(18)10-12-20/h1-13H,14H2/b11-9-,12-10-,21-13?. The van der Waals surface area contributed by atoms with Gasteiger partial charge in [-0.05, 0) is 42.6 Å². The van der Waals surface area contributed by atoms with Crippen molar-refractivity contribution in [2.45, 2.75) is 6.54 Å². The first-order valence-corrected chi connectivity index (χ1v) is 9.04. The maximum Gasteiger partial charge on any atom is 0.0645 e. The molecule has 21 heavy (non-hydrogen) atoms. The molecule has 2 aromatic rings. The van der Waals surface area contributed by atoms with Crippen LogP contribution in [0.25, 0.3) is 12.2 Å². The Balaban J connectivity index is 2.17. The van der Waals surface area contributed by atoms with Crippen LogP contribution in [0.2, 0.25) is 0 Å². The molecule has 1 nitrogen and oxygen atoms in total. The highest BCUT2D eigenvalue weighted by Crippen LogP contribution is 2.14. The first-order chi connectivity index (χ1) is 10.3. The van der Waals surface area contributed by atoms with Crippen molar-refractivity contribution < 1.29 is 0 Å². The summed E-state index contributed by atoms with van der Waals surface area (Å²) in [6.07, 6.45) is 6.16. The van der Waals surface area contributed by atoms with Gasteiger partial charge in [0, 0.05) is 6.21 Å². The Morgan fingerprint density at radius 2 is 1.33 bits per heavy atom. The maximum atomic E-state index is 4.60. The summed E-state index contributed by atoms with van der Waals surface area (Å²) in [6, 6.07) is 16.6. The first-order valence-electron chi connectivity index (χ1n) is 6.55. The van der Waals surface area contributed by atoms with E-state index in [0.717, 1.165) is 5.56 Å². The largest absolute Gasteiger partial charge is 0.288 e. The third-order valence-corrected chi connectivity index (χ3v) is 3.75. The van der Waals surface area contributed by atoms with Crippen molar-refractivity contribution in [2.24, 2.45) is 4.99 Å². The minimum Gasteiger partial charge on any atom is -0.288 e. The van der Waals surface area contributed by atoms with Gasteiger partial charge in [0.25, 0.3) is 0 Å². The number of hydrogen-bond donors (Lipinski definition) is 0. The van der Waals surface area contributed by atoms with Crippen LogP contribution in [-0.2, 0) is 6.54 Å². The topological polar surface area (TPSA) is 12.4 Å². The maximum absolute atomic E-state index is 4.60. The second-order valence-electron chi connectivity index (χ2n) is 4.38. The summed E-state index contributed by atoms with van der Waals surface area (Å²) in [6.45, 7) is 0.694. The highest BCUT2D eigenvalue weighted by atomic mass is 127. The normalized spacial score (nSPS) is 11.9. The molecular weight excluding hydrogens is 484 g/mol. The van der Waals surface area contributed by atoms with E-state index >= 15 is 0 Å². The average molecular weight is 499 g/mol. The number of rotatable bonds is 5. The van der Waals surface area contributed by atoms with Crippen molar-refractivity contribution in [3.63, 3.8) is 0 Å². The summed E-state index contributed by atoms with van der Waals surface area (Å²) < 4.78 is 4.05. The Morgan fingerprint density at radius 1 is 0.762 bits per heavy atom. The highest BCUT2D eigenvalue weighted by Gasteiger charge is 1.98. The molecule has 0 heterocycles. The predicted molar refractivity (Wildman–Crippen MR) is 110 cm³/mol. The van der Waals surface area contributed by atoms with Gasteiger partial charge in [0.2, 0.25) is 0 Å². The SMILES string of the molecule is I/C=C\c1ccccc1C=NCc1ccccc1/C=C\I. The van der Waals surface area contributed by atoms with E-state index in [1.54, 1.807) is 0 Å². The third kappa shape index (κ3) is 5.07. The number of aliphatic imine (C=N–C) groups is 1. The number of hydrogen-bond acceptors (Lipinski definition) is 1. The molecule has 0 fully saturated rings. The molecule has 0 aliphatic heterocycles. The van der Waals surface area contributed by atoms with Crippen LogP contribution in [0.3, 0.4) is 0 Å². The molecule has 0 spiro atoms. The first kappa shape index (κ1) is 16.4. The second-order valence-corrected chi connectivity index (χ2v) is 5.82. The number of benzene rings is 2. The monoisotopic (exact) mass is 499 g/mol. The van der Waals surface area contributed by atoms with E-state index in [1.807, 2.05) is 26.5 Å². The van der Waals surface area contributed by atoms with E-state index in [9.17, 15) is 0 Å². The van der Waals surface area contributed by atoms with Gasteiger partial charge in [-0.15, -0.1) is 0 Å². The summed E-state index contributed by atoms with van der Waals surface area (Å²) in [4.78, 5) is 4.60. The van der Waals surface area contributed by atoms with Crippen LogP contribution in [-0.4, -0.2) is 6.21 Å². The molecular formula is C18H15I2N. The minimum absolute atomic E-state index is 0.694. The van der Waals surface area contributed by atoms with Crippen molar-refractivity contribution in [1.82, 2.24) is 0 Å². The Labute approximate surface area is 153 Å². The lowest BCUT2D eigenvalue weighted by atomic mass is 10.1. The Kier molecular flexibility index (Phi) is 7.15. The van der Waals surface area contributed by atoms with Crippen LogP contribution in [0.5, 0.6) is 0 Å². The molecule has 0 N–H and O–H groups in total. The molecule has 0 saturated carbocycles. The van der Waals surface area contributed by atoms with Crippen molar-refractivity contribution >= 4 is 63.5 Å². The van der Waals surface area contributed by atoms with Gasteiger partial charge >= 0.3 is 0 Å². The summed E-state index contributed by atoms with van der Waals surface area (Å²) in [5.41, 5.74) is 4.80. The van der Waals surface area contributed by atoms with Crippen LogP contribution in [0.4, 0.5) is 0 Å². The molecule has 2 aromatic carbocycles. The quantitative estimate of drug-likeness (QED) is 0.348. The fraction of sp³-hybridized carbons (Fsp3) is 0.0556. The van der Waals surface area contributed by atoms with Crippen LogP contribution in [0, 0.1) is 0 Å². The molecule has 0 aromatic heterocycles. The van der Waals surface area contributed by atoms with Gasteiger partial charge in [-0.1, -0.05) is 93.7 Å². The lowest BCUT2D eigenvalue weighted by Gasteiger charge is -2.03. The molecule has 0 aliphatic rings. The Morgan fingerprint density at radius 3 is 2.05 bits per heavy atom. The zero-order valence-electron chi connectivity index (χ0n) is 11.4. The lowest BCUT2D eigenvalue weighted by molar-refractivity contribution is 1.07. The molecule has 0 unspecified atom stereocenters. The van der Waals surface area contributed by atoms with Crippen molar-refractivity contribution in [3.05, 3.63) is 79.0 Å². The van der Waals surface area contributed by atoms with E-state index in [1.165, 1.54) is 16.7 Å². The van der Waals surface area contributed by atoms with Gasteiger partial charge in [0.05, 0.1) is 6.54 Å². The summed E-state index contributed by atoms with van der Waals surface area (Å²) >= 11 is 4.48. The van der Waals surface area contributed by atoms with Crippen molar-refractivity contribution in [3.8, 4) is 0 Å². The third-order valence-electron chi connectivity index (χ3n) is 3.03. The summed E-state index contributed by atoms with van der Waals surface area (Å²) in [5.74, 6) is 0. The van der Waals surface area contributed by atoms with E-state index in [0.29, 0.717) is 6.54 Å². The molecule has 2 rings (SSSR count). The highest BCUT2D eigenvalue weighted by molar-refractivity contribution is 14.1. The zero-order valence-corrected chi connectivity index (χ0v) is 15.7. The van der Waals surface area contributed by atoms with Crippen LogP contribution in [0.1, 0.15) is 22.3 Å². The molecule has 0 amide bonds. The molecule has 0 atom stereocenters. The fourth-order valence-corrected chi connectivity index (χ4v) is 2.77. The van der Waals surface area contributed by atoms with E-state index in [-0.39, 0.29) is 0 Å². The minimum atomic E-state index is 0.694. The molecule has 0 radical (unpaired) electrons. The van der Waals surface area contributed by atoms with Crippen molar-refractivity contribution in [2.75, 3.05) is 0 Å². The fourth-order valence-electron chi connectivity index (χ4n) is 2.00. The molecule has 0 saturated heterocycles. The van der Waals surface area contributed by atoms with E-state index in [2.05, 4.69) is 98.7 Å². The molecule has 106 valence electrons. The Hall–Kier alpha value is -0.950. The van der Waals surface area contributed by atoms with Crippen LogP contribution >= 0.6 is 45.2 Å². The van der Waals surface area contributed by atoms with Gasteiger partial charge in [-0.3, -0.25) is 4.99 Å². The van der Waals surface area contributed by atoms with Crippen molar-refractivity contribution in [1.29, 1.82) is 0 Å². The lowest BCUT2D eigenvalue weighted by Crippen LogP contribution is -1.90. The van der Waals surface area contributed by atoms with Gasteiger partial charge in [-0.2, -0.15) is 0 Å². The van der Waals surface area contributed by atoms with E-state index in [4.69, 9.17) is 0 Å². The average Bonchev–Trinajstić information content (AvgIpc) is 2.51. The number of nitrogens with zero attached hydrogens (tertiary/aromatic N) is 1. The zero-order chi connectivity index (χ0) is 14.9. The van der Waals surface area contributed by atoms with Crippen LogP contribution < -0.4 is 0 Å². The van der Waals surface area contributed by atoms with E-state index < -0.39 is 0 Å². The van der Waals surface area contributed by atoms with Gasteiger partial charge in [0.15, 0.2) is 0 Å². The Bertz CT molecular complexity index is 672. The molecule has 0 bridgehead atoms. The van der Waals surface area contributed by atoms with Gasteiger partial charge < -0.3 is 0 Å².